The second-order valence-electron chi connectivity index (χ2n) is 6.75. The summed E-state index contributed by atoms with van der Waals surface area (Å²) in [6.07, 6.45) is 9.15. The summed E-state index contributed by atoms with van der Waals surface area (Å²) in [5, 5.41) is 13.2. The van der Waals surface area contributed by atoms with Crippen molar-refractivity contribution in [2.75, 3.05) is 26.7 Å². The van der Waals surface area contributed by atoms with Gasteiger partial charge in [-0.1, -0.05) is 19.8 Å². The van der Waals surface area contributed by atoms with Gasteiger partial charge in [0.25, 0.3) is 0 Å². The summed E-state index contributed by atoms with van der Waals surface area (Å²) in [6, 6.07) is 1.09. The maximum atomic E-state index is 9.63. The molecule has 4 atom stereocenters. The SMILES string of the molecule is CNC1CCC(C)CC1CN1CCCCCC1CO. The summed E-state index contributed by atoms with van der Waals surface area (Å²) < 4.78 is 0. The van der Waals surface area contributed by atoms with Gasteiger partial charge in [0.2, 0.25) is 0 Å². The maximum Gasteiger partial charge on any atom is 0.0586 e. The van der Waals surface area contributed by atoms with Crippen LogP contribution in [0.5, 0.6) is 0 Å². The van der Waals surface area contributed by atoms with Crippen LogP contribution in [0.25, 0.3) is 0 Å². The van der Waals surface area contributed by atoms with Crippen molar-refractivity contribution in [3.05, 3.63) is 0 Å². The van der Waals surface area contributed by atoms with Crippen LogP contribution < -0.4 is 5.32 Å². The fourth-order valence-electron chi connectivity index (χ4n) is 4.07. The number of likely N-dealkylation sites (tertiary alicyclic amines) is 1. The van der Waals surface area contributed by atoms with Crippen LogP contribution in [0.15, 0.2) is 0 Å². The Kier molecular flexibility index (Phi) is 6.11. The molecule has 0 bridgehead atoms. The van der Waals surface area contributed by atoms with Gasteiger partial charge in [-0.2, -0.15) is 0 Å². The van der Waals surface area contributed by atoms with Crippen molar-refractivity contribution in [3.8, 4) is 0 Å². The van der Waals surface area contributed by atoms with Gasteiger partial charge in [-0.05, 0) is 57.5 Å². The van der Waals surface area contributed by atoms with Crippen LogP contribution in [0, 0.1) is 11.8 Å². The first-order valence-electron chi connectivity index (χ1n) is 8.26. The van der Waals surface area contributed by atoms with Gasteiger partial charge >= 0.3 is 0 Å². The molecule has 0 spiro atoms. The Balaban J connectivity index is 1.95. The maximum absolute atomic E-state index is 9.63. The van der Waals surface area contributed by atoms with Gasteiger partial charge in [0.15, 0.2) is 0 Å². The Morgan fingerprint density at radius 1 is 1.16 bits per heavy atom. The van der Waals surface area contributed by atoms with E-state index in [0.717, 1.165) is 11.8 Å². The second-order valence-corrected chi connectivity index (χ2v) is 6.75. The predicted molar refractivity (Wildman–Crippen MR) is 80.3 cm³/mol. The van der Waals surface area contributed by atoms with E-state index in [4.69, 9.17) is 0 Å². The molecule has 3 heteroatoms. The van der Waals surface area contributed by atoms with Gasteiger partial charge in [-0.3, -0.25) is 4.90 Å². The molecule has 1 heterocycles. The number of nitrogens with zero attached hydrogens (tertiary/aromatic N) is 1. The summed E-state index contributed by atoms with van der Waals surface area (Å²) >= 11 is 0. The fraction of sp³-hybridized carbons (Fsp3) is 1.00. The molecule has 1 saturated heterocycles. The zero-order valence-corrected chi connectivity index (χ0v) is 12.8. The van der Waals surface area contributed by atoms with Crippen LogP contribution in [-0.4, -0.2) is 48.8 Å². The zero-order valence-electron chi connectivity index (χ0n) is 12.8. The second kappa shape index (κ2) is 7.61. The van der Waals surface area contributed by atoms with Crippen molar-refractivity contribution in [1.82, 2.24) is 10.2 Å². The van der Waals surface area contributed by atoms with Gasteiger partial charge in [-0.15, -0.1) is 0 Å². The molecule has 0 aromatic carbocycles. The number of nitrogens with one attached hydrogen (secondary N) is 1. The zero-order chi connectivity index (χ0) is 13.7. The van der Waals surface area contributed by atoms with Gasteiger partial charge < -0.3 is 10.4 Å². The van der Waals surface area contributed by atoms with E-state index in [2.05, 4.69) is 24.2 Å². The first kappa shape index (κ1) is 15.3. The third kappa shape index (κ3) is 4.17. The number of hydrogen-bond donors (Lipinski definition) is 2. The van der Waals surface area contributed by atoms with Gasteiger partial charge in [0, 0.05) is 18.6 Å². The van der Waals surface area contributed by atoms with Crippen LogP contribution in [0.1, 0.15) is 51.9 Å². The first-order valence-corrected chi connectivity index (χ1v) is 8.26. The molecule has 4 unspecified atom stereocenters. The molecule has 19 heavy (non-hydrogen) atoms. The molecule has 3 nitrogen and oxygen atoms in total. The number of aliphatic hydroxyl groups excluding tert-OH is 1. The van der Waals surface area contributed by atoms with Gasteiger partial charge in [0.05, 0.1) is 6.61 Å². The largest absolute Gasteiger partial charge is 0.395 e. The molecule has 1 saturated carbocycles. The first-order chi connectivity index (χ1) is 9.24. The Morgan fingerprint density at radius 3 is 2.74 bits per heavy atom. The van der Waals surface area contributed by atoms with Crippen LogP contribution in [0.3, 0.4) is 0 Å². The molecular formula is C16H32N2O. The third-order valence-corrected chi connectivity index (χ3v) is 5.29. The van der Waals surface area contributed by atoms with E-state index in [-0.39, 0.29) is 0 Å². The minimum absolute atomic E-state index is 0.340. The predicted octanol–water partition coefficient (Wildman–Crippen LogP) is 2.25. The average molecular weight is 268 g/mol. The van der Waals surface area contributed by atoms with Crippen LogP contribution in [0.2, 0.25) is 0 Å². The molecule has 1 aliphatic carbocycles. The van der Waals surface area contributed by atoms with E-state index >= 15 is 0 Å². The molecular weight excluding hydrogens is 236 g/mol. The van der Waals surface area contributed by atoms with Gasteiger partial charge in [0.1, 0.15) is 0 Å². The van der Waals surface area contributed by atoms with Crippen molar-refractivity contribution >= 4 is 0 Å². The average Bonchev–Trinajstić information content (AvgIpc) is 2.64. The lowest BCUT2D eigenvalue weighted by Crippen LogP contribution is -2.47. The monoisotopic (exact) mass is 268 g/mol. The van der Waals surface area contributed by atoms with Crippen molar-refractivity contribution in [3.63, 3.8) is 0 Å². The quantitative estimate of drug-likeness (QED) is 0.821. The number of aliphatic hydroxyl groups is 1. The topological polar surface area (TPSA) is 35.5 Å². The van der Waals surface area contributed by atoms with Crippen LogP contribution in [-0.2, 0) is 0 Å². The van der Waals surface area contributed by atoms with E-state index in [9.17, 15) is 5.11 Å². The number of hydrogen-bond acceptors (Lipinski definition) is 3. The lowest BCUT2D eigenvalue weighted by molar-refractivity contribution is 0.0830. The third-order valence-electron chi connectivity index (χ3n) is 5.29. The van der Waals surface area contributed by atoms with E-state index in [1.807, 2.05) is 0 Å². The Labute approximate surface area is 118 Å². The molecule has 1 aliphatic heterocycles. The van der Waals surface area contributed by atoms with Crippen molar-refractivity contribution in [1.29, 1.82) is 0 Å². The van der Waals surface area contributed by atoms with E-state index in [1.54, 1.807) is 0 Å². The minimum Gasteiger partial charge on any atom is -0.395 e. The Morgan fingerprint density at radius 2 is 2.00 bits per heavy atom. The van der Waals surface area contributed by atoms with E-state index < -0.39 is 0 Å². The minimum atomic E-state index is 0.340. The lowest BCUT2D eigenvalue weighted by atomic mass is 9.78. The van der Waals surface area contributed by atoms with Crippen LogP contribution in [0.4, 0.5) is 0 Å². The van der Waals surface area contributed by atoms with Crippen LogP contribution >= 0.6 is 0 Å². The highest BCUT2D eigenvalue weighted by Gasteiger charge is 2.31. The standard InChI is InChI=1S/C16H32N2O/c1-13-7-8-16(17-2)14(10-13)11-18-9-5-3-4-6-15(18)12-19/h13-17,19H,3-12H2,1-2H3. The molecule has 2 fully saturated rings. The highest BCUT2D eigenvalue weighted by molar-refractivity contribution is 4.87. The summed E-state index contributed by atoms with van der Waals surface area (Å²) in [5.74, 6) is 1.63. The lowest BCUT2D eigenvalue weighted by Gasteiger charge is -2.39. The highest BCUT2D eigenvalue weighted by Crippen LogP contribution is 2.31. The molecule has 0 aromatic heterocycles. The van der Waals surface area contributed by atoms with Crippen molar-refractivity contribution in [2.24, 2.45) is 11.8 Å². The molecule has 2 aliphatic rings. The fourth-order valence-corrected chi connectivity index (χ4v) is 4.07. The molecule has 2 rings (SSSR count). The Bertz CT molecular complexity index is 259. The van der Waals surface area contributed by atoms with Crippen molar-refractivity contribution < 1.29 is 5.11 Å². The highest BCUT2D eigenvalue weighted by atomic mass is 16.3. The Hall–Kier alpha value is -0.120. The summed E-state index contributed by atoms with van der Waals surface area (Å²) in [5.41, 5.74) is 0. The van der Waals surface area contributed by atoms with Crippen molar-refractivity contribution in [2.45, 2.75) is 64.0 Å². The summed E-state index contributed by atoms with van der Waals surface area (Å²) in [4.78, 5) is 2.58. The van der Waals surface area contributed by atoms with E-state index in [1.165, 1.54) is 58.0 Å². The number of rotatable bonds is 4. The molecule has 2 N–H and O–H groups in total. The summed E-state index contributed by atoms with van der Waals surface area (Å²) in [7, 11) is 2.11. The molecule has 0 amide bonds. The molecule has 0 radical (unpaired) electrons. The van der Waals surface area contributed by atoms with E-state index in [0.29, 0.717) is 18.7 Å². The smallest absolute Gasteiger partial charge is 0.0586 e. The normalized spacial score (nSPS) is 38.1. The summed E-state index contributed by atoms with van der Waals surface area (Å²) in [6.45, 7) is 5.10. The van der Waals surface area contributed by atoms with Gasteiger partial charge in [-0.25, -0.2) is 0 Å². The molecule has 112 valence electrons. The molecule has 0 aromatic rings.